The molecular formula is C14H21N5S. The number of nitrogen functional groups attached to an aromatic ring is 1. The Kier molecular flexibility index (Phi) is 3.52. The van der Waals surface area contributed by atoms with E-state index in [4.69, 9.17) is 5.73 Å². The molecule has 1 aliphatic rings. The second kappa shape index (κ2) is 5.18. The van der Waals surface area contributed by atoms with Gasteiger partial charge in [-0.1, -0.05) is 0 Å². The van der Waals surface area contributed by atoms with Crippen LogP contribution in [0.3, 0.4) is 0 Å². The SMILES string of the molecule is Cc1cc2c(N3CCN(C(C)C)CC3)nc(N)nc2s1. The average Bonchev–Trinajstić information content (AvgIpc) is 2.78. The Bertz CT molecular complexity index is 613. The number of fused-ring (bicyclic) bond motifs is 1. The molecule has 2 aromatic rings. The predicted molar refractivity (Wildman–Crippen MR) is 85.5 cm³/mol. The van der Waals surface area contributed by atoms with Gasteiger partial charge >= 0.3 is 0 Å². The molecule has 1 fully saturated rings. The van der Waals surface area contributed by atoms with Gasteiger partial charge in [-0.15, -0.1) is 11.3 Å². The van der Waals surface area contributed by atoms with Gasteiger partial charge in [0.1, 0.15) is 10.6 Å². The summed E-state index contributed by atoms with van der Waals surface area (Å²) in [6.45, 7) is 10.7. The van der Waals surface area contributed by atoms with E-state index >= 15 is 0 Å². The van der Waals surface area contributed by atoms with Gasteiger partial charge in [0.15, 0.2) is 0 Å². The van der Waals surface area contributed by atoms with Gasteiger partial charge in [-0.2, -0.15) is 4.98 Å². The third-order valence-corrected chi connectivity index (χ3v) is 4.80. The molecule has 0 unspecified atom stereocenters. The minimum Gasteiger partial charge on any atom is -0.368 e. The van der Waals surface area contributed by atoms with Crippen LogP contribution in [0.1, 0.15) is 18.7 Å². The maximum atomic E-state index is 5.86. The molecule has 0 spiro atoms. The van der Waals surface area contributed by atoms with Crippen molar-refractivity contribution in [1.29, 1.82) is 0 Å². The fourth-order valence-corrected chi connectivity index (χ4v) is 3.62. The lowest BCUT2D eigenvalue weighted by molar-refractivity contribution is 0.209. The molecule has 0 amide bonds. The monoisotopic (exact) mass is 291 g/mol. The standard InChI is InChI=1S/C14H21N5S/c1-9(2)18-4-6-19(7-5-18)12-11-8-10(3)20-13(11)17-14(15)16-12/h8-9H,4-7H2,1-3H3,(H2,15,16,17). The number of hydrogen-bond donors (Lipinski definition) is 1. The van der Waals surface area contributed by atoms with Gasteiger partial charge in [0.25, 0.3) is 0 Å². The molecule has 20 heavy (non-hydrogen) atoms. The van der Waals surface area contributed by atoms with Crippen LogP contribution in [0.4, 0.5) is 11.8 Å². The van der Waals surface area contributed by atoms with Crippen molar-refractivity contribution in [2.45, 2.75) is 26.8 Å². The number of thiophene rings is 1. The van der Waals surface area contributed by atoms with Gasteiger partial charge < -0.3 is 10.6 Å². The highest BCUT2D eigenvalue weighted by atomic mass is 32.1. The summed E-state index contributed by atoms with van der Waals surface area (Å²) >= 11 is 1.68. The number of rotatable bonds is 2. The maximum Gasteiger partial charge on any atom is 0.223 e. The van der Waals surface area contributed by atoms with Crippen LogP contribution in [0.25, 0.3) is 10.2 Å². The zero-order valence-electron chi connectivity index (χ0n) is 12.3. The van der Waals surface area contributed by atoms with Gasteiger partial charge in [0.05, 0.1) is 5.39 Å². The number of aromatic nitrogens is 2. The van der Waals surface area contributed by atoms with Crippen molar-refractivity contribution in [3.8, 4) is 0 Å². The minimum absolute atomic E-state index is 0.376. The molecule has 0 bridgehead atoms. The Hall–Kier alpha value is -1.40. The van der Waals surface area contributed by atoms with Crippen LogP contribution in [0, 0.1) is 6.92 Å². The minimum atomic E-state index is 0.376. The Morgan fingerprint density at radius 3 is 2.55 bits per heavy atom. The molecule has 0 atom stereocenters. The van der Waals surface area contributed by atoms with Gasteiger partial charge in [0.2, 0.25) is 5.95 Å². The molecule has 0 radical (unpaired) electrons. The third-order valence-electron chi connectivity index (χ3n) is 3.86. The molecule has 1 aliphatic heterocycles. The van der Waals surface area contributed by atoms with Gasteiger partial charge in [-0.25, -0.2) is 4.98 Å². The molecule has 1 saturated heterocycles. The molecule has 108 valence electrons. The van der Waals surface area contributed by atoms with Gasteiger partial charge in [-0.05, 0) is 26.8 Å². The zero-order valence-corrected chi connectivity index (χ0v) is 13.1. The molecule has 5 nitrogen and oxygen atoms in total. The molecule has 2 aromatic heterocycles. The molecule has 0 saturated carbocycles. The first-order chi connectivity index (χ1) is 9.54. The first-order valence-corrected chi connectivity index (χ1v) is 7.89. The van der Waals surface area contributed by atoms with Crippen LogP contribution in [-0.2, 0) is 0 Å². The molecule has 0 aromatic carbocycles. The predicted octanol–water partition coefficient (Wildman–Crippen LogP) is 2.11. The van der Waals surface area contributed by atoms with E-state index in [1.165, 1.54) is 4.88 Å². The highest BCUT2D eigenvalue weighted by molar-refractivity contribution is 7.18. The summed E-state index contributed by atoms with van der Waals surface area (Å²) < 4.78 is 0. The zero-order chi connectivity index (χ0) is 14.3. The fourth-order valence-electron chi connectivity index (χ4n) is 2.73. The van der Waals surface area contributed by atoms with E-state index in [2.05, 4.69) is 46.6 Å². The Labute approximate surface area is 123 Å². The van der Waals surface area contributed by atoms with Crippen molar-refractivity contribution in [2.75, 3.05) is 36.8 Å². The first kappa shape index (κ1) is 13.6. The number of piperazine rings is 1. The fraction of sp³-hybridized carbons (Fsp3) is 0.571. The Morgan fingerprint density at radius 2 is 1.90 bits per heavy atom. The smallest absolute Gasteiger partial charge is 0.223 e. The van der Waals surface area contributed by atoms with E-state index < -0.39 is 0 Å². The number of aryl methyl sites for hydroxylation is 1. The van der Waals surface area contributed by atoms with Crippen molar-refractivity contribution in [3.05, 3.63) is 10.9 Å². The molecule has 0 aliphatic carbocycles. The summed E-state index contributed by atoms with van der Waals surface area (Å²) in [4.78, 5) is 15.9. The second-order valence-electron chi connectivity index (χ2n) is 5.60. The lowest BCUT2D eigenvalue weighted by Crippen LogP contribution is -2.49. The van der Waals surface area contributed by atoms with E-state index in [0.29, 0.717) is 12.0 Å². The van der Waals surface area contributed by atoms with Gasteiger partial charge in [-0.3, -0.25) is 4.90 Å². The molecule has 3 rings (SSSR count). The lowest BCUT2D eigenvalue weighted by Gasteiger charge is -2.37. The van der Waals surface area contributed by atoms with Crippen molar-refractivity contribution >= 4 is 33.3 Å². The second-order valence-corrected chi connectivity index (χ2v) is 6.83. The maximum absolute atomic E-state index is 5.86. The number of nitrogens with two attached hydrogens (primary N) is 1. The molecule has 2 N–H and O–H groups in total. The van der Waals surface area contributed by atoms with Crippen molar-refractivity contribution < 1.29 is 0 Å². The molecule has 6 heteroatoms. The molecule has 3 heterocycles. The first-order valence-electron chi connectivity index (χ1n) is 7.07. The van der Waals surface area contributed by atoms with Crippen molar-refractivity contribution in [1.82, 2.24) is 14.9 Å². The topological polar surface area (TPSA) is 58.3 Å². The van der Waals surface area contributed by atoms with Crippen molar-refractivity contribution in [3.63, 3.8) is 0 Å². The largest absolute Gasteiger partial charge is 0.368 e. The van der Waals surface area contributed by atoms with Crippen LogP contribution < -0.4 is 10.6 Å². The third kappa shape index (κ3) is 2.45. The summed E-state index contributed by atoms with van der Waals surface area (Å²) in [7, 11) is 0. The van der Waals surface area contributed by atoms with Crippen LogP contribution in [0.15, 0.2) is 6.07 Å². The van der Waals surface area contributed by atoms with E-state index in [0.717, 1.165) is 42.2 Å². The average molecular weight is 291 g/mol. The normalized spacial score (nSPS) is 17.3. The van der Waals surface area contributed by atoms with Crippen molar-refractivity contribution in [2.24, 2.45) is 0 Å². The highest BCUT2D eigenvalue weighted by Gasteiger charge is 2.22. The van der Waals surface area contributed by atoms with Crippen LogP contribution in [0.2, 0.25) is 0 Å². The van der Waals surface area contributed by atoms with E-state index in [9.17, 15) is 0 Å². The number of nitrogens with zero attached hydrogens (tertiary/aromatic N) is 4. The highest BCUT2D eigenvalue weighted by Crippen LogP contribution is 2.31. The van der Waals surface area contributed by atoms with Gasteiger partial charge in [0, 0.05) is 37.1 Å². The summed E-state index contributed by atoms with van der Waals surface area (Å²) in [5.41, 5.74) is 5.86. The summed E-state index contributed by atoms with van der Waals surface area (Å²) in [5, 5.41) is 1.14. The summed E-state index contributed by atoms with van der Waals surface area (Å²) in [6, 6.07) is 2.78. The van der Waals surface area contributed by atoms with Crippen LogP contribution in [0.5, 0.6) is 0 Å². The van der Waals surface area contributed by atoms with E-state index in [1.807, 2.05) is 0 Å². The van der Waals surface area contributed by atoms with E-state index in [-0.39, 0.29) is 0 Å². The van der Waals surface area contributed by atoms with Crippen LogP contribution in [-0.4, -0.2) is 47.1 Å². The molecular weight excluding hydrogens is 270 g/mol. The Balaban J connectivity index is 1.91. The summed E-state index contributed by atoms with van der Waals surface area (Å²) in [6.07, 6.45) is 0. The summed E-state index contributed by atoms with van der Waals surface area (Å²) in [5.74, 6) is 1.38. The number of anilines is 2. The van der Waals surface area contributed by atoms with Crippen LogP contribution >= 0.6 is 11.3 Å². The lowest BCUT2D eigenvalue weighted by atomic mass is 10.2. The number of hydrogen-bond acceptors (Lipinski definition) is 6. The quantitative estimate of drug-likeness (QED) is 0.918. The Morgan fingerprint density at radius 1 is 1.20 bits per heavy atom. The van der Waals surface area contributed by atoms with E-state index in [1.54, 1.807) is 11.3 Å².